The fourth-order valence-corrected chi connectivity index (χ4v) is 5.87. The molecule has 1 saturated carbocycles. The average Bonchev–Trinajstić information content (AvgIpc) is 3.22. The molecule has 3 aromatic heterocycles. The molecular weight excluding hydrogens is 503 g/mol. The molecule has 6 rings (SSSR count). The number of nitrogens with two attached hydrogens (primary N) is 1. The van der Waals surface area contributed by atoms with Crippen molar-refractivity contribution in [3.63, 3.8) is 0 Å². The molecule has 2 N–H and O–H groups in total. The summed E-state index contributed by atoms with van der Waals surface area (Å²) in [6.45, 7) is 6.89. The normalized spacial score (nSPS) is 20.3. The number of ether oxygens (including phenoxy) is 1. The van der Waals surface area contributed by atoms with Crippen molar-refractivity contribution in [1.29, 1.82) is 0 Å². The maximum Gasteiger partial charge on any atom is 0.265 e. The summed E-state index contributed by atoms with van der Waals surface area (Å²) in [5.74, 6) is 1.42. The van der Waals surface area contributed by atoms with Crippen LogP contribution in [0.4, 0.5) is 4.39 Å². The van der Waals surface area contributed by atoms with Crippen molar-refractivity contribution >= 4 is 17.2 Å². The molecule has 2 fully saturated rings. The molecule has 1 amide bonds. The van der Waals surface area contributed by atoms with E-state index in [0.717, 1.165) is 5.56 Å². The number of aryl methyl sites for hydroxylation is 1. The van der Waals surface area contributed by atoms with Gasteiger partial charge in [-0.25, -0.2) is 19.3 Å². The van der Waals surface area contributed by atoms with Crippen LogP contribution in [0.3, 0.4) is 0 Å². The molecular formula is C28H27FN6O2S. The number of nitrogens with zero attached hydrogens (tertiary/aromatic N) is 5. The number of amides is 1. The number of carbonyl (C=O) groups is 1. The highest BCUT2D eigenvalue weighted by molar-refractivity contribution is 7.17. The molecule has 10 heteroatoms. The number of rotatable bonds is 6. The Morgan fingerprint density at radius 2 is 1.79 bits per heavy atom. The van der Waals surface area contributed by atoms with Gasteiger partial charge in [0.25, 0.3) is 5.91 Å². The van der Waals surface area contributed by atoms with E-state index in [-0.39, 0.29) is 29.7 Å². The first-order chi connectivity index (χ1) is 18.2. The molecule has 4 aromatic rings. The quantitative estimate of drug-likeness (QED) is 0.392. The molecule has 1 saturated heterocycles. The smallest absolute Gasteiger partial charge is 0.265 e. The van der Waals surface area contributed by atoms with Crippen LogP contribution in [-0.2, 0) is 5.54 Å². The largest absolute Gasteiger partial charge is 0.490 e. The Morgan fingerprint density at radius 1 is 1.11 bits per heavy atom. The van der Waals surface area contributed by atoms with Crippen LogP contribution < -0.4 is 10.5 Å². The van der Waals surface area contributed by atoms with E-state index in [2.05, 4.69) is 15.0 Å². The minimum Gasteiger partial charge on any atom is -0.490 e. The number of carbonyl (C=O) groups excluding carboxylic acids is 1. The molecule has 0 radical (unpaired) electrons. The molecule has 2 aliphatic rings. The maximum absolute atomic E-state index is 13.5. The number of thiazole rings is 1. The van der Waals surface area contributed by atoms with Gasteiger partial charge in [-0.05, 0) is 51.1 Å². The summed E-state index contributed by atoms with van der Waals surface area (Å²) in [5, 5.41) is 0.644. The number of aromatic nitrogens is 4. The molecule has 8 nitrogen and oxygen atoms in total. The van der Waals surface area contributed by atoms with Gasteiger partial charge >= 0.3 is 0 Å². The summed E-state index contributed by atoms with van der Waals surface area (Å²) in [4.78, 5) is 33.5. The topological polar surface area (TPSA) is 107 Å². The molecule has 0 unspecified atom stereocenters. The van der Waals surface area contributed by atoms with E-state index < -0.39 is 5.54 Å². The summed E-state index contributed by atoms with van der Waals surface area (Å²) >= 11 is 1.33. The molecule has 1 aliphatic heterocycles. The van der Waals surface area contributed by atoms with Crippen molar-refractivity contribution in [2.45, 2.75) is 32.4 Å². The monoisotopic (exact) mass is 530 g/mol. The predicted octanol–water partition coefficient (Wildman–Crippen LogP) is 4.45. The Bertz CT molecular complexity index is 1490. The van der Waals surface area contributed by atoms with Gasteiger partial charge in [0.05, 0.1) is 22.6 Å². The number of hydrogen-bond acceptors (Lipinski definition) is 8. The number of piperidine rings is 1. The second-order valence-corrected chi connectivity index (χ2v) is 11.4. The van der Waals surface area contributed by atoms with E-state index in [0.29, 0.717) is 51.6 Å². The van der Waals surface area contributed by atoms with Crippen molar-refractivity contribution in [3.8, 4) is 27.8 Å². The first kappa shape index (κ1) is 24.6. The predicted molar refractivity (Wildman–Crippen MR) is 142 cm³/mol. The van der Waals surface area contributed by atoms with Crippen LogP contribution in [0, 0.1) is 24.6 Å². The van der Waals surface area contributed by atoms with Gasteiger partial charge in [0, 0.05) is 55.0 Å². The van der Waals surface area contributed by atoms with Gasteiger partial charge in [0.15, 0.2) is 10.8 Å². The SMILES string of the molecule is Cc1nc(-c2ncccn2)sc1C(=O)N1C[C@@H]2[C@H](C1)[C@H]2Oc1cc(-c2ccc(F)cc2)nc(C(C)(C)N)c1. The lowest BCUT2D eigenvalue weighted by molar-refractivity contribution is 0.0756. The minimum atomic E-state index is -0.674. The zero-order valence-electron chi connectivity index (χ0n) is 21.3. The van der Waals surface area contributed by atoms with Gasteiger partial charge in [-0.1, -0.05) is 0 Å². The van der Waals surface area contributed by atoms with E-state index in [1.54, 1.807) is 30.6 Å². The summed E-state index contributed by atoms with van der Waals surface area (Å²) in [7, 11) is 0. The second-order valence-electron chi connectivity index (χ2n) is 10.4. The van der Waals surface area contributed by atoms with Crippen LogP contribution in [0.15, 0.2) is 54.9 Å². The Balaban J connectivity index is 1.16. The van der Waals surface area contributed by atoms with E-state index in [1.165, 1.54) is 23.5 Å². The molecule has 4 heterocycles. The van der Waals surface area contributed by atoms with Gasteiger partial charge in [0.1, 0.15) is 22.5 Å². The van der Waals surface area contributed by atoms with Crippen molar-refractivity contribution in [2.24, 2.45) is 17.6 Å². The maximum atomic E-state index is 13.5. The lowest BCUT2D eigenvalue weighted by Gasteiger charge is -2.22. The van der Waals surface area contributed by atoms with E-state index in [4.69, 9.17) is 15.5 Å². The van der Waals surface area contributed by atoms with Gasteiger partial charge in [-0.2, -0.15) is 0 Å². The zero-order valence-corrected chi connectivity index (χ0v) is 22.1. The standard InChI is InChI=1S/C28H27FN6O2S/c1-15-24(38-26(33-15)25-31-9-4-10-32-25)27(36)35-13-19-20(14-35)23(19)37-18-11-21(16-5-7-17(29)8-6-16)34-22(12-18)28(2,3)30/h4-12,19-20,23H,13-14,30H2,1-3H3/t19-,20+,23+. The number of pyridine rings is 1. The third-order valence-corrected chi connectivity index (χ3v) is 8.16. The van der Waals surface area contributed by atoms with Crippen LogP contribution in [0.1, 0.15) is 34.9 Å². The zero-order chi connectivity index (χ0) is 26.6. The van der Waals surface area contributed by atoms with Crippen molar-refractivity contribution in [1.82, 2.24) is 24.8 Å². The third kappa shape index (κ3) is 4.65. The Hall–Kier alpha value is -3.76. The van der Waals surface area contributed by atoms with Gasteiger partial charge in [0.2, 0.25) is 0 Å². The number of likely N-dealkylation sites (tertiary alicyclic amines) is 1. The van der Waals surface area contributed by atoms with E-state index >= 15 is 0 Å². The Morgan fingerprint density at radius 3 is 2.45 bits per heavy atom. The first-order valence-electron chi connectivity index (χ1n) is 12.5. The molecule has 0 bridgehead atoms. The van der Waals surface area contributed by atoms with Crippen LogP contribution in [0.25, 0.3) is 22.1 Å². The number of benzene rings is 1. The molecule has 194 valence electrons. The number of fused-ring (bicyclic) bond motifs is 1. The third-order valence-electron chi connectivity index (χ3n) is 7.02. The molecule has 1 aliphatic carbocycles. The average molecular weight is 531 g/mol. The lowest BCUT2D eigenvalue weighted by atomic mass is 10.00. The fraction of sp³-hybridized carbons (Fsp3) is 0.321. The van der Waals surface area contributed by atoms with E-state index in [1.807, 2.05) is 37.8 Å². The highest BCUT2D eigenvalue weighted by Gasteiger charge is 2.59. The van der Waals surface area contributed by atoms with Crippen LogP contribution >= 0.6 is 11.3 Å². The minimum absolute atomic E-state index is 0.0113. The highest BCUT2D eigenvalue weighted by atomic mass is 32.1. The van der Waals surface area contributed by atoms with Gasteiger partial charge < -0.3 is 15.4 Å². The number of hydrogen-bond donors (Lipinski definition) is 1. The van der Waals surface area contributed by atoms with Crippen molar-refractivity contribution in [2.75, 3.05) is 13.1 Å². The Labute approximate surface area is 223 Å². The Kier molecular flexibility index (Phi) is 5.96. The van der Waals surface area contributed by atoms with Crippen LogP contribution in [0.2, 0.25) is 0 Å². The summed E-state index contributed by atoms with van der Waals surface area (Å²) in [5.41, 5.74) is 8.53. The fourth-order valence-electron chi connectivity index (χ4n) is 4.89. The summed E-state index contributed by atoms with van der Waals surface area (Å²) in [6, 6.07) is 11.7. The molecule has 1 aromatic carbocycles. The lowest BCUT2D eigenvalue weighted by Crippen LogP contribution is -2.33. The molecule has 3 atom stereocenters. The van der Waals surface area contributed by atoms with Gasteiger partial charge in [-0.3, -0.25) is 9.78 Å². The van der Waals surface area contributed by atoms with Gasteiger partial charge in [-0.15, -0.1) is 11.3 Å². The molecule has 0 spiro atoms. The number of halogens is 1. The highest BCUT2D eigenvalue weighted by Crippen LogP contribution is 2.49. The van der Waals surface area contributed by atoms with Crippen molar-refractivity contribution < 1.29 is 13.9 Å². The van der Waals surface area contributed by atoms with E-state index in [9.17, 15) is 9.18 Å². The molecule has 38 heavy (non-hydrogen) atoms. The summed E-state index contributed by atoms with van der Waals surface area (Å²) in [6.07, 6.45) is 3.35. The summed E-state index contributed by atoms with van der Waals surface area (Å²) < 4.78 is 19.9. The second kappa shape index (κ2) is 9.21. The van der Waals surface area contributed by atoms with Crippen LogP contribution in [0.5, 0.6) is 5.75 Å². The first-order valence-corrected chi connectivity index (χ1v) is 13.3. The van der Waals surface area contributed by atoms with Crippen LogP contribution in [-0.4, -0.2) is 49.9 Å². The van der Waals surface area contributed by atoms with Crippen molar-refractivity contribution in [3.05, 3.63) is 76.9 Å².